The van der Waals surface area contributed by atoms with Crippen LogP contribution in [0.2, 0.25) is 5.02 Å². The predicted molar refractivity (Wildman–Crippen MR) is 120 cm³/mol. The molecule has 0 amide bonds. The first kappa shape index (κ1) is 22.5. The molecular weight excluding hydrogens is 444 g/mol. The summed E-state index contributed by atoms with van der Waals surface area (Å²) in [5.74, 6) is 1.17. The Morgan fingerprint density at radius 2 is 1.83 bits per heavy atom. The molecule has 0 radical (unpaired) electrons. The molecule has 0 bridgehead atoms. The molecule has 0 aliphatic carbocycles. The minimum atomic E-state index is -3.76. The number of nitrogens with zero attached hydrogens (tertiary/aromatic N) is 2. The maximum absolute atomic E-state index is 13.2. The Balaban J connectivity index is 1.81. The van der Waals surface area contributed by atoms with Crippen molar-refractivity contribution in [3.8, 4) is 5.75 Å². The number of halogens is 1. The normalized spacial score (nSPS) is 13.6. The fraction of sp³-hybridized carbons (Fsp3) is 0.300. The van der Waals surface area contributed by atoms with Crippen molar-refractivity contribution in [2.45, 2.75) is 36.1 Å². The molecule has 1 heterocycles. The fourth-order valence-electron chi connectivity index (χ4n) is 2.83. The molecule has 160 valence electrons. The molecule has 7 nitrogen and oxygen atoms in total. The molecule has 3 aromatic rings. The Kier molecular flexibility index (Phi) is 7.30. The number of hydrogen-bond donors (Lipinski definition) is 2. The number of aromatic nitrogens is 2. The third-order valence-electron chi connectivity index (χ3n) is 4.59. The van der Waals surface area contributed by atoms with Gasteiger partial charge in [-0.3, -0.25) is 0 Å². The molecule has 0 fully saturated rings. The zero-order valence-corrected chi connectivity index (χ0v) is 19.0. The minimum Gasteiger partial charge on any atom is -0.497 e. The van der Waals surface area contributed by atoms with E-state index < -0.39 is 21.3 Å². The van der Waals surface area contributed by atoms with Crippen LogP contribution in [0.4, 0.5) is 5.13 Å². The van der Waals surface area contributed by atoms with Crippen LogP contribution in [0, 0.1) is 0 Å². The number of ether oxygens (including phenoxy) is 1. The standard InChI is InChI=1S/C20H23ClN4O3S2/c1-3-17(22)19(30(26,27)16-10-8-15(28-2)9-11-16)24-20-23-18(25-29-20)12-13-4-6-14(21)7-5-13/h4-11,17,19H,3,12,22H2,1-2H3,(H,23,24,25). The number of anilines is 1. The van der Waals surface area contributed by atoms with E-state index in [-0.39, 0.29) is 4.90 Å². The highest BCUT2D eigenvalue weighted by atomic mass is 35.5. The number of hydrogen-bond acceptors (Lipinski definition) is 8. The SMILES string of the molecule is CCC(N)C(Nc1nc(Cc2ccc(Cl)cc2)ns1)S(=O)(=O)c1ccc(OC)cc1. The molecule has 2 unspecified atom stereocenters. The average molecular weight is 467 g/mol. The van der Waals surface area contributed by atoms with Crippen LogP contribution < -0.4 is 15.8 Å². The van der Waals surface area contributed by atoms with Gasteiger partial charge in [0, 0.05) is 29.0 Å². The average Bonchev–Trinajstić information content (AvgIpc) is 3.20. The van der Waals surface area contributed by atoms with Crippen LogP contribution in [-0.2, 0) is 16.3 Å². The van der Waals surface area contributed by atoms with Crippen molar-refractivity contribution < 1.29 is 13.2 Å². The topological polar surface area (TPSA) is 107 Å². The first-order chi connectivity index (χ1) is 14.3. The van der Waals surface area contributed by atoms with Crippen molar-refractivity contribution in [3.05, 3.63) is 64.9 Å². The number of nitrogens with two attached hydrogens (primary N) is 1. The van der Waals surface area contributed by atoms with Crippen molar-refractivity contribution in [2.24, 2.45) is 5.73 Å². The molecule has 0 aliphatic heterocycles. The van der Waals surface area contributed by atoms with Crippen molar-refractivity contribution in [1.29, 1.82) is 0 Å². The van der Waals surface area contributed by atoms with Crippen LogP contribution in [0.25, 0.3) is 0 Å². The molecule has 0 saturated carbocycles. The van der Waals surface area contributed by atoms with Gasteiger partial charge in [-0.15, -0.1) is 0 Å². The second-order valence-electron chi connectivity index (χ2n) is 6.68. The second kappa shape index (κ2) is 9.74. The third kappa shape index (κ3) is 5.28. The van der Waals surface area contributed by atoms with Gasteiger partial charge in [-0.05, 0) is 48.4 Å². The molecule has 10 heteroatoms. The number of sulfone groups is 1. The molecule has 0 aliphatic rings. The van der Waals surface area contributed by atoms with E-state index in [2.05, 4.69) is 14.7 Å². The van der Waals surface area contributed by atoms with Crippen LogP contribution in [0.15, 0.2) is 53.4 Å². The van der Waals surface area contributed by atoms with Gasteiger partial charge in [-0.1, -0.05) is 30.7 Å². The van der Waals surface area contributed by atoms with E-state index in [9.17, 15) is 8.42 Å². The zero-order chi connectivity index (χ0) is 21.7. The van der Waals surface area contributed by atoms with Crippen molar-refractivity contribution >= 4 is 38.1 Å². The Bertz CT molecular complexity index is 1070. The van der Waals surface area contributed by atoms with Crippen molar-refractivity contribution in [2.75, 3.05) is 12.4 Å². The van der Waals surface area contributed by atoms with E-state index in [0.717, 1.165) is 17.1 Å². The van der Waals surface area contributed by atoms with E-state index in [1.54, 1.807) is 24.3 Å². The molecule has 2 aromatic carbocycles. The van der Waals surface area contributed by atoms with Gasteiger partial charge >= 0.3 is 0 Å². The van der Waals surface area contributed by atoms with E-state index in [1.807, 2.05) is 19.1 Å². The fourth-order valence-corrected chi connectivity index (χ4v) is 5.38. The van der Waals surface area contributed by atoms with Gasteiger partial charge in [0.25, 0.3) is 0 Å². The Labute approximate surface area is 185 Å². The molecule has 1 aromatic heterocycles. The summed E-state index contributed by atoms with van der Waals surface area (Å²) < 4.78 is 35.9. The van der Waals surface area contributed by atoms with E-state index in [1.165, 1.54) is 19.2 Å². The van der Waals surface area contributed by atoms with Crippen LogP contribution in [-0.4, -0.2) is 36.3 Å². The summed E-state index contributed by atoms with van der Waals surface area (Å²) in [4.78, 5) is 4.60. The maximum Gasteiger partial charge on any atom is 0.203 e. The monoisotopic (exact) mass is 466 g/mol. The maximum atomic E-state index is 13.2. The van der Waals surface area contributed by atoms with E-state index >= 15 is 0 Å². The van der Waals surface area contributed by atoms with Gasteiger partial charge in [-0.25, -0.2) is 13.4 Å². The summed E-state index contributed by atoms with van der Waals surface area (Å²) in [6.45, 7) is 1.84. The summed E-state index contributed by atoms with van der Waals surface area (Å²) in [7, 11) is -2.23. The highest BCUT2D eigenvalue weighted by Crippen LogP contribution is 2.25. The van der Waals surface area contributed by atoms with E-state index in [0.29, 0.717) is 34.6 Å². The van der Waals surface area contributed by atoms with Crippen LogP contribution >= 0.6 is 23.1 Å². The lowest BCUT2D eigenvalue weighted by molar-refractivity contribution is 0.414. The first-order valence-corrected chi connectivity index (χ1v) is 12.0. The minimum absolute atomic E-state index is 0.163. The van der Waals surface area contributed by atoms with Crippen LogP contribution in [0.3, 0.4) is 0 Å². The highest BCUT2D eigenvalue weighted by molar-refractivity contribution is 7.92. The second-order valence-corrected chi connectivity index (χ2v) is 9.93. The van der Waals surface area contributed by atoms with E-state index in [4.69, 9.17) is 22.1 Å². The van der Waals surface area contributed by atoms with Crippen molar-refractivity contribution in [3.63, 3.8) is 0 Å². The lowest BCUT2D eigenvalue weighted by Crippen LogP contribution is -2.45. The molecule has 2 atom stereocenters. The smallest absolute Gasteiger partial charge is 0.203 e. The molecular formula is C20H23ClN4O3S2. The third-order valence-corrected chi connectivity index (χ3v) is 7.59. The zero-order valence-electron chi connectivity index (χ0n) is 16.6. The number of methoxy groups -OCH3 is 1. The Morgan fingerprint density at radius 1 is 1.17 bits per heavy atom. The summed E-state index contributed by atoms with van der Waals surface area (Å²) >= 11 is 7.02. The highest BCUT2D eigenvalue weighted by Gasteiger charge is 2.33. The van der Waals surface area contributed by atoms with Gasteiger partial charge < -0.3 is 15.8 Å². The first-order valence-electron chi connectivity index (χ1n) is 9.30. The summed E-state index contributed by atoms with van der Waals surface area (Å²) in [5, 5.41) is 3.02. The molecule has 3 rings (SSSR count). The summed E-state index contributed by atoms with van der Waals surface area (Å²) in [6.07, 6.45) is 0.995. The lowest BCUT2D eigenvalue weighted by atomic mass is 10.1. The number of nitrogens with one attached hydrogen (secondary N) is 1. The Hall–Kier alpha value is -2.20. The molecule has 30 heavy (non-hydrogen) atoms. The van der Waals surface area contributed by atoms with Gasteiger partial charge in [0.2, 0.25) is 15.0 Å². The van der Waals surface area contributed by atoms with Gasteiger partial charge in [0.05, 0.1) is 12.0 Å². The lowest BCUT2D eigenvalue weighted by Gasteiger charge is -2.24. The van der Waals surface area contributed by atoms with Gasteiger partial charge in [0.1, 0.15) is 11.6 Å². The van der Waals surface area contributed by atoms with Crippen LogP contribution in [0.5, 0.6) is 5.75 Å². The van der Waals surface area contributed by atoms with Crippen LogP contribution in [0.1, 0.15) is 24.7 Å². The number of rotatable bonds is 9. The molecule has 0 spiro atoms. The Morgan fingerprint density at radius 3 is 2.43 bits per heavy atom. The van der Waals surface area contributed by atoms with Gasteiger partial charge in [0.15, 0.2) is 5.37 Å². The molecule has 3 N–H and O–H groups in total. The van der Waals surface area contributed by atoms with Crippen molar-refractivity contribution in [1.82, 2.24) is 9.36 Å². The number of benzene rings is 2. The van der Waals surface area contributed by atoms with Gasteiger partial charge in [-0.2, -0.15) is 4.37 Å². The quantitative estimate of drug-likeness (QED) is 0.494. The summed E-state index contributed by atoms with van der Waals surface area (Å²) in [5.41, 5.74) is 7.18. The largest absolute Gasteiger partial charge is 0.497 e. The summed E-state index contributed by atoms with van der Waals surface area (Å²) in [6, 6.07) is 13.0. The predicted octanol–water partition coefficient (Wildman–Crippen LogP) is 3.74. The molecule has 0 saturated heterocycles.